The maximum Gasteiger partial charge on any atom is 0.220 e. The smallest absolute Gasteiger partial charge is 0.220 e. The average Bonchev–Trinajstić information content (AvgIpc) is 3.46. The van der Waals surface area contributed by atoms with Gasteiger partial charge in [-0.2, -0.15) is 0 Å². The highest BCUT2D eigenvalue weighted by Crippen LogP contribution is 2.33. The third kappa shape index (κ3) is 27.5. The molecule has 3 fully saturated rings. The summed E-state index contributed by atoms with van der Waals surface area (Å²) in [4.78, 5) is 13.3. The Morgan fingerprint density at radius 3 is 1.40 bits per heavy atom. The highest BCUT2D eigenvalue weighted by atomic mass is 16.8. The van der Waals surface area contributed by atoms with E-state index in [1.54, 1.807) is 6.08 Å². The van der Waals surface area contributed by atoms with Gasteiger partial charge in [0.05, 0.1) is 38.6 Å². The Balaban J connectivity index is 1.50. The minimum Gasteiger partial charge on any atom is -0.394 e. The maximum absolute atomic E-state index is 13.3. The molecule has 0 bridgehead atoms. The van der Waals surface area contributed by atoms with Gasteiger partial charge in [-0.15, -0.1) is 0 Å². The number of hydrogen-bond donors (Lipinski definition) is 12. The van der Waals surface area contributed by atoms with Crippen LogP contribution in [0.3, 0.4) is 0 Å². The second-order valence-electron chi connectivity index (χ2n) is 21.8. The molecule has 3 rings (SSSR count). The first kappa shape index (κ1) is 71.8. The number of ether oxygens (including phenoxy) is 6. The SMILES string of the molecule is CC/C=C\C/C=C\C/C=C\CCCCCC(=O)NC(COC1OC(CO)C(OC2OC(CO)C(OC3OC(CO)C(O)C(O)C3O)C(O)C2O)C(O)C1O)C(O)/C=C/CC/C=C/CCCCCCCCCCCCCCCCCC. The van der Waals surface area contributed by atoms with Crippen LogP contribution >= 0.6 is 0 Å². The van der Waals surface area contributed by atoms with Gasteiger partial charge in [0.15, 0.2) is 18.9 Å². The number of amides is 1. The van der Waals surface area contributed by atoms with Gasteiger partial charge in [0.1, 0.15) is 73.2 Å². The molecule has 3 saturated heterocycles. The van der Waals surface area contributed by atoms with E-state index in [4.69, 9.17) is 28.4 Å². The summed E-state index contributed by atoms with van der Waals surface area (Å²) in [6.45, 7) is 1.55. The summed E-state index contributed by atoms with van der Waals surface area (Å²) < 4.78 is 34.2. The highest BCUT2D eigenvalue weighted by Gasteiger charge is 2.53. The summed E-state index contributed by atoms with van der Waals surface area (Å²) in [5, 5.41) is 120. The number of aliphatic hydroxyl groups excluding tert-OH is 11. The minimum atomic E-state index is -1.98. The molecule has 0 aromatic heterocycles. The number of nitrogens with one attached hydrogen (secondary N) is 1. The van der Waals surface area contributed by atoms with Gasteiger partial charge in [0, 0.05) is 6.42 Å². The van der Waals surface area contributed by atoms with E-state index in [1.807, 2.05) is 6.08 Å². The van der Waals surface area contributed by atoms with Crippen LogP contribution < -0.4 is 5.32 Å². The van der Waals surface area contributed by atoms with Crippen LogP contribution in [0.1, 0.15) is 187 Å². The second kappa shape index (κ2) is 44.0. The summed E-state index contributed by atoms with van der Waals surface area (Å²) in [6.07, 6.45) is 23.6. The van der Waals surface area contributed by atoms with Crippen molar-refractivity contribution in [1.29, 1.82) is 0 Å². The van der Waals surface area contributed by atoms with E-state index >= 15 is 0 Å². The Morgan fingerprint density at radius 1 is 0.463 bits per heavy atom. The third-order valence-electron chi connectivity index (χ3n) is 15.0. The maximum atomic E-state index is 13.3. The Morgan fingerprint density at radius 2 is 0.875 bits per heavy atom. The lowest BCUT2D eigenvalue weighted by atomic mass is 9.96. The van der Waals surface area contributed by atoms with Gasteiger partial charge in [-0.1, -0.05) is 177 Å². The van der Waals surface area contributed by atoms with Crippen molar-refractivity contribution in [3.63, 3.8) is 0 Å². The highest BCUT2D eigenvalue weighted by molar-refractivity contribution is 5.76. The number of allylic oxidation sites excluding steroid dienone is 9. The van der Waals surface area contributed by atoms with E-state index < -0.39 is 124 Å². The van der Waals surface area contributed by atoms with Gasteiger partial charge in [0.25, 0.3) is 0 Å². The standard InChI is InChI=1S/C61H107NO18/c1-3-5-7-9-11-13-15-17-18-19-20-21-22-23-24-25-27-28-30-32-34-36-38-45(66)44(62-49(67)39-37-35-33-31-29-26-16-14-12-10-8-6-4-2)43-75-59-55(73)52(70)57(47(41-64)77-59)80-61-56(74)53(71)58(48(42-65)78-61)79-60-54(72)51(69)50(68)46(40-63)76-60/h6,8,12,14,26,28-30,36,38,44-48,50-61,63-66,68-74H,3-5,7,9-11,13,15-25,27,31-35,37,39-43H2,1-2H3,(H,62,67)/b8-6-,14-12-,29-26-,30-28+,38-36+. The van der Waals surface area contributed by atoms with Gasteiger partial charge >= 0.3 is 0 Å². The summed E-state index contributed by atoms with van der Waals surface area (Å²) in [7, 11) is 0. The fourth-order valence-electron chi connectivity index (χ4n) is 10.0. The quantitative estimate of drug-likeness (QED) is 0.0259. The second-order valence-corrected chi connectivity index (χ2v) is 21.8. The minimum absolute atomic E-state index is 0.198. The van der Waals surface area contributed by atoms with E-state index in [9.17, 15) is 61.0 Å². The number of hydrogen-bond acceptors (Lipinski definition) is 18. The van der Waals surface area contributed by atoms with Crippen molar-refractivity contribution in [2.45, 2.75) is 291 Å². The first-order valence-corrected chi connectivity index (χ1v) is 30.5. The fourth-order valence-corrected chi connectivity index (χ4v) is 10.0. The van der Waals surface area contributed by atoms with Crippen LogP contribution in [0, 0.1) is 0 Å². The number of aliphatic hydroxyl groups is 11. The lowest BCUT2D eigenvalue weighted by molar-refractivity contribution is -0.379. The molecule has 17 atom stereocenters. The Labute approximate surface area is 477 Å². The molecule has 19 nitrogen and oxygen atoms in total. The predicted molar refractivity (Wildman–Crippen MR) is 305 cm³/mol. The molecule has 464 valence electrons. The van der Waals surface area contributed by atoms with Crippen LogP contribution in [-0.4, -0.2) is 193 Å². The van der Waals surface area contributed by atoms with Crippen molar-refractivity contribution >= 4 is 5.91 Å². The van der Waals surface area contributed by atoms with Crippen LogP contribution in [0.15, 0.2) is 60.8 Å². The van der Waals surface area contributed by atoms with E-state index in [0.717, 1.165) is 57.8 Å². The normalized spacial score (nSPS) is 30.4. The van der Waals surface area contributed by atoms with Crippen molar-refractivity contribution in [2.75, 3.05) is 26.4 Å². The molecule has 1 amide bonds. The zero-order chi connectivity index (χ0) is 58.3. The van der Waals surface area contributed by atoms with Crippen molar-refractivity contribution in [2.24, 2.45) is 0 Å². The number of unbranched alkanes of at least 4 members (excludes halogenated alkanes) is 20. The van der Waals surface area contributed by atoms with Crippen LogP contribution in [0.4, 0.5) is 0 Å². The average molecular weight is 1140 g/mol. The largest absolute Gasteiger partial charge is 0.394 e. The van der Waals surface area contributed by atoms with Gasteiger partial charge in [0.2, 0.25) is 5.91 Å². The number of rotatable bonds is 44. The Bertz CT molecular complexity index is 1700. The van der Waals surface area contributed by atoms with Gasteiger partial charge < -0.3 is 89.9 Å². The van der Waals surface area contributed by atoms with E-state index in [-0.39, 0.29) is 18.9 Å². The van der Waals surface area contributed by atoms with Crippen LogP contribution in [0.2, 0.25) is 0 Å². The molecule has 0 radical (unpaired) electrons. The van der Waals surface area contributed by atoms with Crippen LogP contribution in [0.25, 0.3) is 0 Å². The topological polar surface area (TPSA) is 307 Å². The first-order valence-electron chi connectivity index (χ1n) is 30.5. The Kier molecular flexibility index (Phi) is 39.5. The summed E-state index contributed by atoms with van der Waals surface area (Å²) in [5.41, 5.74) is 0. The van der Waals surface area contributed by atoms with E-state index in [2.05, 4.69) is 67.8 Å². The predicted octanol–water partition coefficient (Wildman–Crippen LogP) is 5.65. The van der Waals surface area contributed by atoms with E-state index in [0.29, 0.717) is 12.8 Å². The molecule has 80 heavy (non-hydrogen) atoms. The molecule has 19 heteroatoms. The van der Waals surface area contributed by atoms with Gasteiger partial charge in [-0.25, -0.2) is 0 Å². The number of carbonyl (C=O) groups is 1. The fraction of sp³-hybridized carbons (Fsp3) is 0.820. The van der Waals surface area contributed by atoms with Crippen molar-refractivity contribution in [3.05, 3.63) is 60.8 Å². The molecule has 0 aromatic rings. The molecule has 0 saturated carbocycles. The first-order chi connectivity index (χ1) is 38.8. The summed E-state index contributed by atoms with van der Waals surface area (Å²) >= 11 is 0. The molecule has 12 N–H and O–H groups in total. The lowest BCUT2D eigenvalue weighted by Crippen LogP contribution is -2.66. The molecular formula is C61H107NO18. The summed E-state index contributed by atoms with van der Waals surface area (Å²) in [6, 6.07) is -1.01. The van der Waals surface area contributed by atoms with Crippen molar-refractivity contribution in [3.8, 4) is 0 Å². The third-order valence-corrected chi connectivity index (χ3v) is 15.0. The lowest BCUT2D eigenvalue weighted by Gasteiger charge is -2.48. The molecule has 0 aromatic carbocycles. The van der Waals surface area contributed by atoms with Crippen LogP contribution in [0.5, 0.6) is 0 Å². The zero-order valence-electron chi connectivity index (χ0n) is 48.3. The number of carbonyl (C=O) groups excluding carboxylic acids is 1. The van der Waals surface area contributed by atoms with Gasteiger partial charge in [-0.3, -0.25) is 4.79 Å². The zero-order valence-corrected chi connectivity index (χ0v) is 48.3. The van der Waals surface area contributed by atoms with Crippen molar-refractivity contribution in [1.82, 2.24) is 5.32 Å². The molecule has 0 aliphatic carbocycles. The monoisotopic (exact) mass is 1140 g/mol. The summed E-state index contributed by atoms with van der Waals surface area (Å²) in [5.74, 6) is -0.317. The van der Waals surface area contributed by atoms with Crippen molar-refractivity contribution < 1.29 is 89.4 Å². The molecule has 17 unspecified atom stereocenters. The van der Waals surface area contributed by atoms with Gasteiger partial charge in [-0.05, 0) is 64.2 Å². The van der Waals surface area contributed by atoms with Crippen LogP contribution in [-0.2, 0) is 33.2 Å². The molecule has 3 heterocycles. The molecule has 0 spiro atoms. The molecule has 3 aliphatic heterocycles. The molecule has 3 aliphatic rings. The Hall–Kier alpha value is -2.51. The van der Waals surface area contributed by atoms with E-state index in [1.165, 1.54) is 96.3 Å². The molecular weight excluding hydrogens is 1030 g/mol.